The Labute approximate surface area is 159 Å². The number of nitrogens with one attached hydrogen (secondary N) is 1. The molecule has 1 aromatic heterocycles. The van der Waals surface area contributed by atoms with E-state index in [1.54, 1.807) is 30.3 Å². The lowest BCUT2D eigenvalue weighted by Gasteiger charge is -2.08. The molecule has 3 aromatic rings. The highest BCUT2D eigenvalue weighted by Gasteiger charge is 2.09. The number of aromatic amines is 1. The van der Waals surface area contributed by atoms with E-state index in [-0.39, 0.29) is 17.0 Å². The van der Waals surface area contributed by atoms with Crippen molar-refractivity contribution in [1.29, 1.82) is 5.26 Å². The van der Waals surface area contributed by atoms with Crippen LogP contribution in [0.15, 0.2) is 51.7 Å². The smallest absolute Gasteiger partial charge is 0.259 e. The van der Waals surface area contributed by atoms with E-state index in [0.717, 1.165) is 22.2 Å². The Balaban J connectivity index is 2.00. The molecule has 0 saturated heterocycles. The van der Waals surface area contributed by atoms with Gasteiger partial charge >= 0.3 is 0 Å². The maximum absolute atomic E-state index is 12.2. The number of para-hydroxylation sites is 1. The molecule has 130 valence electrons. The Morgan fingerprint density at radius 1 is 1.35 bits per heavy atom. The molecule has 1 heterocycles. The minimum atomic E-state index is -0.267. The third-order valence-electron chi connectivity index (χ3n) is 3.72. The summed E-state index contributed by atoms with van der Waals surface area (Å²) in [6.45, 7) is 2.68. The number of nitrogens with zero attached hydrogens (tertiary/aromatic N) is 2. The normalized spacial score (nSPS) is 11.3. The van der Waals surface area contributed by atoms with E-state index in [2.05, 4.69) is 32.0 Å². The van der Waals surface area contributed by atoms with Crippen molar-refractivity contribution in [3.63, 3.8) is 0 Å². The van der Waals surface area contributed by atoms with E-state index in [9.17, 15) is 10.1 Å². The summed E-state index contributed by atoms with van der Waals surface area (Å²) in [6, 6.07) is 14.7. The van der Waals surface area contributed by atoms with E-state index in [1.165, 1.54) is 0 Å². The molecule has 0 atom stereocenters. The standard InChI is InChI=1S/C20H16BrN3O2/c1-2-9-26-18-8-7-13(11-16(18)21)10-14(12-22)19-23-17-6-4-3-5-15(17)20(25)24-19/h3-8,10-11H,2,9H2,1H3,(H,23,24,25)/b14-10-. The van der Waals surface area contributed by atoms with Gasteiger partial charge in [0.15, 0.2) is 5.82 Å². The number of hydrogen-bond acceptors (Lipinski definition) is 4. The topological polar surface area (TPSA) is 78.8 Å². The first-order valence-electron chi connectivity index (χ1n) is 8.16. The molecule has 0 amide bonds. The monoisotopic (exact) mass is 409 g/mol. The van der Waals surface area contributed by atoms with Crippen LogP contribution in [0.5, 0.6) is 5.75 Å². The number of halogens is 1. The van der Waals surface area contributed by atoms with Crippen LogP contribution in [0.1, 0.15) is 24.7 Å². The lowest BCUT2D eigenvalue weighted by molar-refractivity contribution is 0.315. The summed E-state index contributed by atoms with van der Waals surface area (Å²) in [7, 11) is 0. The maximum Gasteiger partial charge on any atom is 0.259 e. The van der Waals surface area contributed by atoms with Crippen LogP contribution >= 0.6 is 15.9 Å². The van der Waals surface area contributed by atoms with E-state index in [0.29, 0.717) is 17.5 Å². The first-order valence-corrected chi connectivity index (χ1v) is 8.95. The summed E-state index contributed by atoms with van der Waals surface area (Å²) in [5.74, 6) is 0.998. The second kappa shape index (κ2) is 7.98. The molecule has 0 bridgehead atoms. The summed E-state index contributed by atoms with van der Waals surface area (Å²) < 4.78 is 6.43. The van der Waals surface area contributed by atoms with Gasteiger partial charge in [-0.2, -0.15) is 5.26 Å². The fourth-order valence-corrected chi connectivity index (χ4v) is 2.98. The summed E-state index contributed by atoms with van der Waals surface area (Å²) in [6.07, 6.45) is 2.61. The van der Waals surface area contributed by atoms with E-state index in [1.807, 2.05) is 25.1 Å². The molecule has 0 unspecified atom stereocenters. The number of nitriles is 1. The van der Waals surface area contributed by atoms with E-state index < -0.39 is 0 Å². The molecule has 3 rings (SSSR count). The Kier molecular flexibility index (Phi) is 5.49. The minimum absolute atomic E-state index is 0.249. The number of H-pyrrole nitrogens is 1. The lowest BCUT2D eigenvalue weighted by Crippen LogP contribution is -2.11. The van der Waals surface area contributed by atoms with Gasteiger partial charge in [0.25, 0.3) is 5.56 Å². The lowest BCUT2D eigenvalue weighted by atomic mass is 10.1. The molecule has 1 N–H and O–H groups in total. The van der Waals surface area contributed by atoms with E-state index >= 15 is 0 Å². The van der Waals surface area contributed by atoms with Crippen LogP contribution in [0.25, 0.3) is 22.6 Å². The molecule has 2 aromatic carbocycles. The number of rotatable bonds is 5. The van der Waals surface area contributed by atoms with Crippen LogP contribution in [-0.4, -0.2) is 16.6 Å². The van der Waals surface area contributed by atoms with Crippen molar-refractivity contribution in [2.75, 3.05) is 6.61 Å². The number of benzene rings is 2. The van der Waals surface area contributed by atoms with Gasteiger partial charge in [-0.15, -0.1) is 0 Å². The largest absolute Gasteiger partial charge is 0.492 e. The number of aromatic nitrogens is 2. The Hall–Kier alpha value is -2.91. The third kappa shape index (κ3) is 3.84. The van der Waals surface area contributed by atoms with Gasteiger partial charge in [0, 0.05) is 0 Å². The van der Waals surface area contributed by atoms with Crippen LogP contribution < -0.4 is 10.3 Å². The molecule has 0 saturated carbocycles. The Morgan fingerprint density at radius 2 is 2.15 bits per heavy atom. The number of fused-ring (bicyclic) bond motifs is 1. The molecule has 0 aliphatic rings. The first-order chi connectivity index (χ1) is 12.6. The van der Waals surface area contributed by atoms with Gasteiger partial charge in [0.1, 0.15) is 11.8 Å². The van der Waals surface area contributed by atoms with Crippen molar-refractivity contribution in [1.82, 2.24) is 9.97 Å². The fourth-order valence-electron chi connectivity index (χ4n) is 2.47. The molecule has 0 radical (unpaired) electrons. The van der Waals surface area contributed by atoms with Crippen molar-refractivity contribution < 1.29 is 4.74 Å². The van der Waals surface area contributed by atoms with Gasteiger partial charge in [0.2, 0.25) is 0 Å². The zero-order chi connectivity index (χ0) is 18.5. The highest BCUT2D eigenvalue weighted by Crippen LogP contribution is 2.27. The zero-order valence-electron chi connectivity index (χ0n) is 14.1. The van der Waals surface area contributed by atoms with Crippen LogP contribution in [0.3, 0.4) is 0 Å². The van der Waals surface area contributed by atoms with Crippen molar-refractivity contribution in [2.45, 2.75) is 13.3 Å². The average molecular weight is 410 g/mol. The molecule has 0 fully saturated rings. The van der Waals surface area contributed by atoms with Gasteiger partial charge in [-0.3, -0.25) is 4.79 Å². The van der Waals surface area contributed by atoms with Gasteiger partial charge < -0.3 is 9.72 Å². The molecule has 0 aliphatic heterocycles. The molecule has 0 aliphatic carbocycles. The Bertz CT molecular complexity index is 1080. The summed E-state index contributed by atoms with van der Waals surface area (Å²) in [4.78, 5) is 19.3. The van der Waals surface area contributed by atoms with Crippen LogP contribution in [0, 0.1) is 11.3 Å². The van der Waals surface area contributed by atoms with Gasteiger partial charge in [-0.1, -0.05) is 25.1 Å². The minimum Gasteiger partial charge on any atom is -0.492 e. The highest BCUT2D eigenvalue weighted by atomic mass is 79.9. The quantitative estimate of drug-likeness (QED) is 0.627. The van der Waals surface area contributed by atoms with Gasteiger partial charge in [-0.05, 0) is 58.3 Å². The van der Waals surface area contributed by atoms with Crippen molar-refractivity contribution in [2.24, 2.45) is 0 Å². The van der Waals surface area contributed by atoms with Crippen molar-refractivity contribution in [3.8, 4) is 11.8 Å². The predicted molar refractivity (Wildman–Crippen MR) is 106 cm³/mol. The van der Waals surface area contributed by atoms with Crippen molar-refractivity contribution >= 4 is 38.5 Å². The summed E-state index contributed by atoms with van der Waals surface area (Å²) >= 11 is 3.48. The van der Waals surface area contributed by atoms with Crippen LogP contribution in [0.2, 0.25) is 0 Å². The molecular weight excluding hydrogens is 394 g/mol. The highest BCUT2D eigenvalue weighted by molar-refractivity contribution is 9.10. The average Bonchev–Trinajstić information content (AvgIpc) is 2.65. The van der Waals surface area contributed by atoms with Gasteiger partial charge in [0.05, 0.1) is 27.6 Å². The van der Waals surface area contributed by atoms with Crippen LogP contribution in [-0.2, 0) is 0 Å². The zero-order valence-corrected chi connectivity index (χ0v) is 15.7. The number of allylic oxidation sites excluding steroid dienone is 1. The summed E-state index contributed by atoms with van der Waals surface area (Å²) in [5, 5.41) is 10.0. The second-order valence-corrected chi connectivity index (χ2v) is 6.49. The molecule has 5 nitrogen and oxygen atoms in total. The fraction of sp³-hybridized carbons (Fsp3) is 0.150. The summed E-state index contributed by atoms with van der Waals surface area (Å²) in [5.41, 5.74) is 1.36. The third-order valence-corrected chi connectivity index (χ3v) is 4.34. The van der Waals surface area contributed by atoms with E-state index in [4.69, 9.17) is 4.74 Å². The van der Waals surface area contributed by atoms with Crippen molar-refractivity contribution in [3.05, 3.63) is 68.7 Å². The molecule has 6 heteroatoms. The SMILES string of the molecule is CCCOc1ccc(/C=C(/C#N)c2nc3ccccc3c(=O)[nH]2)cc1Br. The second-order valence-electron chi connectivity index (χ2n) is 5.64. The number of hydrogen-bond donors (Lipinski definition) is 1. The molecule has 26 heavy (non-hydrogen) atoms. The number of ether oxygens (including phenoxy) is 1. The first kappa shape index (κ1) is 17.9. The van der Waals surface area contributed by atoms with Crippen LogP contribution in [0.4, 0.5) is 0 Å². The molecular formula is C20H16BrN3O2. The predicted octanol–water partition coefficient (Wildman–Crippen LogP) is 4.54. The van der Waals surface area contributed by atoms with Gasteiger partial charge in [-0.25, -0.2) is 4.98 Å². The maximum atomic E-state index is 12.2. The molecule has 0 spiro atoms. The Morgan fingerprint density at radius 3 is 2.88 bits per heavy atom.